The largest absolute Gasteiger partial charge is 0.379 e. The fourth-order valence-corrected chi connectivity index (χ4v) is 6.96. The minimum Gasteiger partial charge on any atom is -0.379 e. The van der Waals surface area contributed by atoms with Crippen molar-refractivity contribution in [3.05, 3.63) is 18.3 Å². The lowest BCUT2D eigenvalue weighted by Gasteiger charge is -2.25. The SMILES string of the molecule is CN(C(=O)CSc1ccc(S(=O)(=O)N2CCOCC2)cn1)[C@H]1CCS(=O)(=O)C1. The molecule has 1 atom stereocenters. The number of hydrogen-bond acceptors (Lipinski definition) is 8. The first-order valence-electron chi connectivity index (χ1n) is 8.82. The Morgan fingerprint density at radius 3 is 2.64 bits per heavy atom. The van der Waals surface area contributed by atoms with Crippen molar-refractivity contribution in [2.75, 3.05) is 50.6 Å². The molecule has 2 fully saturated rings. The second-order valence-corrected chi connectivity index (χ2v) is 11.9. The summed E-state index contributed by atoms with van der Waals surface area (Å²) in [4.78, 5) is 18.1. The summed E-state index contributed by atoms with van der Waals surface area (Å²) in [6.45, 7) is 1.38. The molecule has 0 spiro atoms. The monoisotopic (exact) mass is 449 g/mol. The van der Waals surface area contributed by atoms with Gasteiger partial charge in [0.15, 0.2) is 9.84 Å². The lowest BCUT2D eigenvalue weighted by molar-refractivity contribution is -0.128. The maximum absolute atomic E-state index is 12.6. The Labute approximate surface area is 169 Å². The van der Waals surface area contributed by atoms with E-state index in [9.17, 15) is 21.6 Å². The van der Waals surface area contributed by atoms with E-state index in [0.29, 0.717) is 37.8 Å². The van der Waals surface area contributed by atoms with Gasteiger partial charge in [-0.1, -0.05) is 11.8 Å². The molecule has 0 unspecified atom stereocenters. The molecule has 156 valence electrons. The standard InChI is InChI=1S/C16H23N3O6S3/c1-18(13-4-9-27(21,22)12-13)16(20)11-26-15-3-2-14(10-17-15)28(23,24)19-5-7-25-8-6-19/h2-3,10,13H,4-9,11-12H2,1H3/t13-/m0/s1. The molecule has 12 heteroatoms. The number of carbonyl (C=O) groups is 1. The maximum Gasteiger partial charge on any atom is 0.244 e. The van der Waals surface area contributed by atoms with Crippen molar-refractivity contribution in [3.8, 4) is 0 Å². The highest BCUT2D eigenvalue weighted by atomic mass is 32.2. The number of pyridine rings is 1. The third-order valence-electron chi connectivity index (χ3n) is 4.81. The van der Waals surface area contributed by atoms with Crippen LogP contribution >= 0.6 is 11.8 Å². The van der Waals surface area contributed by atoms with E-state index in [1.165, 1.54) is 33.2 Å². The van der Waals surface area contributed by atoms with Gasteiger partial charge in [0.1, 0.15) is 4.90 Å². The summed E-state index contributed by atoms with van der Waals surface area (Å²) in [5.41, 5.74) is 0. The minimum absolute atomic E-state index is 0.00620. The number of morpholine rings is 1. The summed E-state index contributed by atoms with van der Waals surface area (Å²) in [7, 11) is -5.04. The van der Waals surface area contributed by atoms with Gasteiger partial charge in [0.25, 0.3) is 0 Å². The molecule has 1 aromatic heterocycles. The summed E-state index contributed by atoms with van der Waals surface area (Å²) in [6, 6.07) is 2.77. The van der Waals surface area contributed by atoms with Gasteiger partial charge in [-0.3, -0.25) is 4.79 Å². The molecular weight excluding hydrogens is 426 g/mol. The molecule has 1 aromatic rings. The van der Waals surface area contributed by atoms with Crippen molar-refractivity contribution in [2.24, 2.45) is 0 Å². The lowest BCUT2D eigenvalue weighted by atomic mass is 10.2. The molecular formula is C16H23N3O6S3. The highest BCUT2D eigenvalue weighted by Crippen LogP contribution is 2.22. The van der Waals surface area contributed by atoms with Crippen molar-refractivity contribution >= 4 is 37.5 Å². The highest BCUT2D eigenvalue weighted by Gasteiger charge is 2.32. The topological polar surface area (TPSA) is 114 Å². The number of thioether (sulfide) groups is 1. The quantitative estimate of drug-likeness (QED) is 0.551. The van der Waals surface area contributed by atoms with E-state index >= 15 is 0 Å². The molecule has 2 aliphatic heterocycles. The predicted octanol–water partition coefficient (Wildman–Crippen LogP) is -0.160. The zero-order chi connectivity index (χ0) is 20.4. The molecule has 0 radical (unpaired) electrons. The molecule has 0 bridgehead atoms. The Balaban J connectivity index is 1.56. The van der Waals surface area contributed by atoms with Crippen LogP contribution in [0.3, 0.4) is 0 Å². The Morgan fingerprint density at radius 2 is 2.07 bits per heavy atom. The predicted molar refractivity (Wildman–Crippen MR) is 104 cm³/mol. The normalized spacial score (nSPS) is 22.8. The van der Waals surface area contributed by atoms with Gasteiger partial charge in [0.2, 0.25) is 15.9 Å². The van der Waals surface area contributed by atoms with Crippen LogP contribution in [0, 0.1) is 0 Å². The number of carbonyl (C=O) groups excluding carboxylic acids is 1. The Kier molecular flexibility index (Phi) is 6.65. The van der Waals surface area contributed by atoms with Gasteiger partial charge in [-0.15, -0.1) is 0 Å². The Morgan fingerprint density at radius 1 is 1.36 bits per heavy atom. The van der Waals surface area contributed by atoms with Gasteiger partial charge >= 0.3 is 0 Å². The Bertz CT molecular complexity index is 911. The van der Waals surface area contributed by atoms with Crippen LogP contribution in [0.4, 0.5) is 0 Å². The third-order valence-corrected chi connectivity index (χ3v) is 9.37. The molecule has 0 aromatic carbocycles. The van der Waals surface area contributed by atoms with Crippen LogP contribution in [0.1, 0.15) is 6.42 Å². The lowest BCUT2D eigenvalue weighted by Crippen LogP contribution is -2.40. The number of sulfone groups is 1. The second-order valence-electron chi connectivity index (χ2n) is 6.70. The molecule has 2 saturated heterocycles. The van der Waals surface area contributed by atoms with Crippen LogP contribution in [0.15, 0.2) is 28.3 Å². The van der Waals surface area contributed by atoms with Gasteiger partial charge in [0.05, 0.1) is 35.5 Å². The maximum atomic E-state index is 12.6. The molecule has 9 nitrogen and oxygen atoms in total. The van der Waals surface area contributed by atoms with Crippen LogP contribution in [0.2, 0.25) is 0 Å². The van der Waals surface area contributed by atoms with Crippen LogP contribution in [0.5, 0.6) is 0 Å². The van der Waals surface area contributed by atoms with Gasteiger partial charge < -0.3 is 9.64 Å². The number of sulfonamides is 1. The molecule has 2 aliphatic rings. The number of hydrogen-bond donors (Lipinski definition) is 0. The summed E-state index contributed by atoms with van der Waals surface area (Å²) < 4.78 is 54.8. The van der Waals surface area contributed by atoms with Gasteiger partial charge in [-0.25, -0.2) is 21.8 Å². The molecule has 0 saturated carbocycles. The van der Waals surface area contributed by atoms with Crippen molar-refractivity contribution in [2.45, 2.75) is 22.4 Å². The van der Waals surface area contributed by atoms with E-state index in [0.717, 1.165) is 0 Å². The van der Waals surface area contributed by atoms with Crippen molar-refractivity contribution < 1.29 is 26.4 Å². The van der Waals surface area contributed by atoms with Crippen LogP contribution < -0.4 is 0 Å². The molecule has 0 aliphatic carbocycles. The number of ether oxygens (including phenoxy) is 1. The molecule has 3 heterocycles. The fraction of sp³-hybridized carbons (Fsp3) is 0.625. The summed E-state index contributed by atoms with van der Waals surface area (Å²) in [5.74, 6) is 0.0455. The summed E-state index contributed by atoms with van der Waals surface area (Å²) >= 11 is 1.19. The van der Waals surface area contributed by atoms with E-state index in [1.807, 2.05) is 0 Å². The number of amides is 1. The van der Waals surface area contributed by atoms with Crippen molar-refractivity contribution in [1.82, 2.24) is 14.2 Å². The zero-order valence-electron chi connectivity index (χ0n) is 15.5. The first-order chi connectivity index (χ1) is 13.2. The summed E-state index contributed by atoms with van der Waals surface area (Å²) in [6.07, 6.45) is 1.76. The number of nitrogens with zero attached hydrogens (tertiary/aromatic N) is 3. The molecule has 1 amide bonds. The van der Waals surface area contributed by atoms with Crippen LogP contribution in [-0.4, -0.2) is 93.6 Å². The average molecular weight is 450 g/mol. The first-order valence-corrected chi connectivity index (χ1v) is 13.1. The van der Waals surface area contributed by atoms with Gasteiger partial charge in [0, 0.05) is 32.4 Å². The van der Waals surface area contributed by atoms with E-state index in [4.69, 9.17) is 4.74 Å². The zero-order valence-corrected chi connectivity index (χ0v) is 17.9. The number of rotatable bonds is 6. The smallest absolute Gasteiger partial charge is 0.244 e. The average Bonchev–Trinajstić information content (AvgIpc) is 3.06. The number of aromatic nitrogens is 1. The fourth-order valence-electron chi connectivity index (χ4n) is 3.06. The van der Waals surface area contributed by atoms with E-state index in [2.05, 4.69) is 4.98 Å². The molecule has 3 rings (SSSR count). The second kappa shape index (κ2) is 8.66. The van der Waals surface area contributed by atoms with Crippen LogP contribution in [-0.2, 0) is 29.4 Å². The van der Waals surface area contributed by atoms with E-state index < -0.39 is 19.9 Å². The highest BCUT2D eigenvalue weighted by molar-refractivity contribution is 7.99. The minimum atomic E-state index is -3.60. The van der Waals surface area contributed by atoms with Gasteiger partial charge in [-0.05, 0) is 18.6 Å². The Hall–Kier alpha value is -1.21. The van der Waals surface area contributed by atoms with Gasteiger partial charge in [-0.2, -0.15) is 4.31 Å². The summed E-state index contributed by atoms with van der Waals surface area (Å²) in [5, 5.41) is 0.529. The first kappa shape index (κ1) is 21.5. The molecule has 0 N–H and O–H groups in total. The molecule has 28 heavy (non-hydrogen) atoms. The van der Waals surface area contributed by atoms with E-state index in [-0.39, 0.29) is 34.1 Å². The van der Waals surface area contributed by atoms with E-state index in [1.54, 1.807) is 13.1 Å². The van der Waals surface area contributed by atoms with Crippen molar-refractivity contribution in [1.29, 1.82) is 0 Å². The van der Waals surface area contributed by atoms with Crippen molar-refractivity contribution in [3.63, 3.8) is 0 Å². The van der Waals surface area contributed by atoms with Crippen LogP contribution in [0.25, 0.3) is 0 Å². The third kappa shape index (κ3) is 5.03.